The lowest BCUT2D eigenvalue weighted by molar-refractivity contribution is -0.143. The highest BCUT2D eigenvalue weighted by atomic mass is 16.5. The van der Waals surface area contributed by atoms with Crippen molar-refractivity contribution in [1.82, 2.24) is 5.32 Å². The highest BCUT2D eigenvalue weighted by Gasteiger charge is 2.18. The Hall–Kier alpha value is -2.18. The number of rotatable bonds is 56. The van der Waals surface area contributed by atoms with Gasteiger partial charge in [0.25, 0.3) is 0 Å². The van der Waals surface area contributed by atoms with Gasteiger partial charge >= 0.3 is 5.97 Å². The summed E-state index contributed by atoms with van der Waals surface area (Å²) in [5.74, 6) is -0.0720. The van der Waals surface area contributed by atoms with E-state index >= 15 is 0 Å². The van der Waals surface area contributed by atoms with E-state index in [9.17, 15) is 19.8 Å². The van der Waals surface area contributed by atoms with Crippen molar-refractivity contribution in [3.8, 4) is 0 Å². The van der Waals surface area contributed by atoms with Gasteiger partial charge in [0.15, 0.2) is 0 Å². The first kappa shape index (κ1) is 66.8. The van der Waals surface area contributed by atoms with Gasteiger partial charge in [-0.25, -0.2) is 0 Å². The van der Waals surface area contributed by atoms with E-state index in [1.807, 2.05) is 6.08 Å². The van der Waals surface area contributed by atoms with Gasteiger partial charge < -0.3 is 20.3 Å². The predicted molar refractivity (Wildman–Crippen MR) is 301 cm³/mol. The molecule has 0 aromatic rings. The molecule has 6 nitrogen and oxygen atoms in total. The summed E-state index contributed by atoms with van der Waals surface area (Å²) in [6.45, 7) is 4.86. The summed E-state index contributed by atoms with van der Waals surface area (Å²) in [5, 5.41) is 23.0. The Morgan fingerprint density at radius 1 is 0.406 bits per heavy atom. The number of aliphatic hydroxyl groups is 2. The molecular formula is C63H117NO5. The van der Waals surface area contributed by atoms with Crippen LogP contribution in [0.3, 0.4) is 0 Å². The van der Waals surface area contributed by atoms with E-state index in [1.165, 1.54) is 238 Å². The molecule has 2 atom stereocenters. The summed E-state index contributed by atoms with van der Waals surface area (Å²) >= 11 is 0. The smallest absolute Gasteiger partial charge is 0.305 e. The maximum atomic E-state index is 12.4. The van der Waals surface area contributed by atoms with Crippen LogP contribution in [0.2, 0.25) is 0 Å². The normalized spacial score (nSPS) is 12.9. The third-order valence-electron chi connectivity index (χ3n) is 13.8. The van der Waals surface area contributed by atoms with Gasteiger partial charge in [0.2, 0.25) is 5.91 Å². The van der Waals surface area contributed by atoms with E-state index in [4.69, 9.17) is 4.74 Å². The zero-order chi connectivity index (χ0) is 50.0. The number of ether oxygens (including phenoxy) is 1. The first-order valence-electron chi connectivity index (χ1n) is 30.4. The lowest BCUT2D eigenvalue weighted by atomic mass is 10.0. The van der Waals surface area contributed by atoms with E-state index in [-0.39, 0.29) is 18.5 Å². The maximum Gasteiger partial charge on any atom is 0.305 e. The Morgan fingerprint density at radius 3 is 1.14 bits per heavy atom. The Kier molecular flexibility index (Phi) is 56.5. The van der Waals surface area contributed by atoms with Crippen molar-refractivity contribution in [2.75, 3.05) is 13.2 Å². The second-order valence-corrected chi connectivity index (χ2v) is 20.7. The van der Waals surface area contributed by atoms with Crippen molar-refractivity contribution < 1.29 is 24.5 Å². The minimum absolute atomic E-state index is 0.000636. The Balaban J connectivity index is 3.40. The van der Waals surface area contributed by atoms with Gasteiger partial charge in [-0.1, -0.05) is 262 Å². The molecule has 0 radical (unpaired) electrons. The molecule has 3 N–H and O–H groups in total. The second kappa shape index (κ2) is 58.4. The van der Waals surface area contributed by atoms with Crippen LogP contribution < -0.4 is 5.32 Å². The highest BCUT2D eigenvalue weighted by Crippen LogP contribution is 2.16. The second-order valence-electron chi connectivity index (χ2n) is 20.7. The number of hydrogen-bond acceptors (Lipinski definition) is 5. The van der Waals surface area contributed by atoms with Crippen molar-refractivity contribution in [3.05, 3.63) is 48.6 Å². The van der Waals surface area contributed by atoms with E-state index in [2.05, 4.69) is 55.6 Å². The Morgan fingerprint density at radius 2 is 0.725 bits per heavy atom. The molecule has 0 aromatic heterocycles. The fourth-order valence-electron chi connectivity index (χ4n) is 9.13. The minimum Gasteiger partial charge on any atom is -0.466 e. The monoisotopic (exact) mass is 968 g/mol. The van der Waals surface area contributed by atoms with Crippen LogP contribution in [-0.2, 0) is 14.3 Å². The summed E-state index contributed by atoms with van der Waals surface area (Å²) in [6.07, 6.45) is 74.4. The standard InChI is InChI=1S/C63H117NO5/c1-3-5-7-9-11-13-15-16-29-33-37-41-45-49-53-57-63(68)69-58-54-50-46-42-38-34-31-28-26-24-22-20-18-17-19-21-23-25-27-30-32-36-40-44-48-52-56-62(67)64-60(59-65)61(66)55-51-47-43-39-35-14-12-10-8-6-4-2/h11,13,16-17,19,29,51,55,60-61,65-66H,3-10,12,14-15,18,20-28,30-50,52-54,56-59H2,1-2H3,(H,64,67)/b13-11-,19-17-,29-16-,55-51+. The van der Waals surface area contributed by atoms with Gasteiger partial charge in [-0.2, -0.15) is 0 Å². The first-order chi connectivity index (χ1) is 34.0. The van der Waals surface area contributed by atoms with Gasteiger partial charge in [0.05, 0.1) is 25.4 Å². The molecule has 0 aliphatic rings. The highest BCUT2D eigenvalue weighted by molar-refractivity contribution is 5.76. The fraction of sp³-hybridized carbons (Fsp3) is 0.841. The van der Waals surface area contributed by atoms with Crippen molar-refractivity contribution in [2.24, 2.45) is 0 Å². The molecule has 404 valence electrons. The van der Waals surface area contributed by atoms with Crippen LogP contribution in [0.25, 0.3) is 0 Å². The topological polar surface area (TPSA) is 95.9 Å². The molecule has 0 saturated carbocycles. The number of unbranched alkanes of at least 4 members (excludes halogenated alkanes) is 39. The van der Waals surface area contributed by atoms with Crippen LogP contribution in [-0.4, -0.2) is 47.4 Å². The number of amides is 1. The largest absolute Gasteiger partial charge is 0.466 e. The first-order valence-corrected chi connectivity index (χ1v) is 30.4. The summed E-state index contributed by atoms with van der Waals surface area (Å²) in [5.41, 5.74) is 0. The molecule has 1 amide bonds. The van der Waals surface area contributed by atoms with Gasteiger partial charge in [-0.15, -0.1) is 0 Å². The van der Waals surface area contributed by atoms with E-state index in [1.54, 1.807) is 6.08 Å². The number of carbonyl (C=O) groups excluding carboxylic acids is 2. The van der Waals surface area contributed by atoms with Crippen LogP contribution >= 0.6 is 0 Å². The summed E-state index contributed by atoms with van der Waals surface area (Å²) in [7, 11) is 0. The molecule has 2 unspecified atom stereocenters. The number of hydrogen-bond donors (Lipinski definition) is 3. The minimum atomic E-state index is -0.845. The summed E-state index contributed by atoms with van der Waals surface area (Å²) < 4.78 is 5.48. The van der Waals surface area contributed by atoms with E-state index in [0.717, 1.165) is 51.4 Å². The molecule has 0 spiro atoms. The van der Waals surface area contributed by atoms with Crippen LogP contribution in [0.5, 0.6) is 0 Å². The molecule has 0 fully saturated rings. The molecular weight excluding hydrogens is 851 g/mol. The average molecular weight is 969 g/mol. The molecule has 6 heteroatoms. The van der Waals surface area contributed by atoms with Crippen molar-refractivity contribution >= 4 is 11.9 Å². The number of esters is 1. The lowest BCUT2D eigenvalue weighted by Gasteiger charge is -2.20. The molecule has 0 bridgehead atoms. The van der Waals surface area contributed by atoms with Gasteiger partial charge in [0.1, 0.15) is 0 Å². The summed E-state index contributed by atoms with van der Waals surface area (Å²) in [6, 6.07) is -0.628. The van der Waals surface area contributed by atoms with Crippen molar-refractivity contribution in [1.29, 1.82) is 0 Å². The molecule has 0 saturated heterocycles. The van der Waals surface area contributed by atoms with Gasteiger partial charge in [-0.3, -0.25) is 9.59 Å². The molecule has 0 aromatic carbocycles. The number of carbonyl (C=O) groups is 2. The number of nitrogens with one attached hydrogen (secondary N) is 1. The molecule has 0 aliphatic heterocycles. The van der Waals surface area contributed by atoms with E-state index in [0.29, 0.717) is 19.4 Å². The van der Waals surface area contributed by atoms with Crippen LogP contribution in [0.15, 0.2) is 48.6 Å². The Labute approximate surface area is 429 Å². The fourth-order valence-corrected chi connectivity index (χ4v) is 9.13. The van der Waals surface area contributed by atoms with Gasteiger partial charge in [0, 0.05) is 12.8 Å². The third-order valence-corrected chi connectivity index (χ3v) is 13.8. The Bertz CT molecular complexity index is 1160. The number of allylic oxidation sites excluding steroid dienone is 7. The number of aliphatic hydroxyl groups excluding tert-OH is 2. The molecule has 0 heterocycles. The maximum absolute atomic E-state index is 12.4. The zero-order valence-corrected chi connectivity index (χ0v) is 46.0. The summed E-state index contributed by atoms with van der Waals surface area (Å²) in [4.78, 5) is 24.5. The average Bonchev–Trinajstić information content (AvgIpc) is 3.35. The zero-order valence-electron chi connectivity index (χ0n) is 46.0. The van der Waals surface area contributed by atoms with Gasteiger partial charge in [-0.05, 0) is 89.9 Å². The van der Waals surface area contributed by atoms with Crippen LogP contribution in [0.1, 0.15) is 316 Å². The van der Waals surface area contributed by atoms with Crippen LogP contribution in [0, 0.1) is 0 Å². The predicted octanol–water partition coefficient (Wildman–Crippen LogP) is 19.0. The van der Waals surface area contributed by atoms with Crippen molar-refractivity contribution in [3.63, 3.8) is 0 Å². The quantitative estimate of drug-likeness (QED) is 0.0321. The van der Waals surface area contributed by atoms with Crippen LogP contribution in [0.4, 0.5) is 0 Å². The lowest BCUT2D eigenvalue weighted by Crippen LogP contribution is -2.45. The third kappa shape index (κ3) is 55.0. The molecule has 0 aliphatic carbocycles. The molecule has 69 heavy (non-hydrogen) atoms. The SMILES string of the molecule is CCCCC/C=C\C/C=C\CCCCCCCC(=O)OCCCCCCCCCCCCCC/C=C\CCCCCCCCCCCCC(=O)NC(CO)C(O)/C=C/CCCCCCCCCCC. The molecule has 0 rings (SSSR count). The van der Waals surface area contributed by atoms with Crippen molar-refractivity contribution in [2.45, 2.75) is 328 Å². The van der Waals surface area contributed by atoms with E-state index < -0.39 is 12.1 Å².